The number of hydrogen-bond donors (Lipinski definition) is 0. The summed E-state index contributed by atoms with van der Waals surface area (Å²) in [6.45, 7) is 0.197. The van der Waals surface area contributed by atoms with Crippen LogP contribution in [0.5, 0.6) is 5.75 Å². The predicted molar refractivity (Wildman–Crippen MR) is 74.9 cm³/mol. The molecule has 0 atom stereocenters. The molecule has 0 spiro atoms. The number of ether oxygens (including phenoxy) is 1. The van der Waals surface area contributed by atoms with Crippen LogP contribution in [0.15, 0.2) is 42.5 Å². The van der Waals surface area contributed by atoms with Gasteiger partial charge in [0.1, 0.15) is 18.2 Å². The predicted octanol–water partition coefficient (Wildman–Crippen LogP) is 4.66. The molecule has 2 aromatic rings. The lowest BCUT2D eigenvalue weighted by Gasteiger charge is -2.08. The molecular weight excluding hydrogens is 353 g/mol. The van der Waals surface area contributed by atoms with E-state index in [-0.39, 0.29) is 12.4 Å². The Kier molecular flexibility index (Phi) is 4.23. The van der Waals surface area contributed by atoms with Crippen LogP contribution in [0.25, 0.3) is 0 Å². The van der Waals surface area contributed by atoms with Gasteiger partial charge in [0.05, 0.1) is 3.57 Å². The van der Waals surface area contributed by atoms with Gasteiger partial charge in [0.15, 0.2) is 0 Å². The third kappa shape index (κ3) is 3.33. The van der Waals surface area contributed by atoms with Gasteiger partial charge in [0.25, 0.3) is 0 Å². The summed E-state index contributed by atoms with van der Waals surface area (Å²) in [5.74, 6) is 0.408. The average Bonchev–Trinajstić information content (AvgIpc) is 2.30. The lowest BCUT2D eigenvalue weighted by atomic mass is 10.2. The third-order valence-electron chi connectivity index (χ3n) is 2.23. The first-order valence-corrected chi connectivity index (χ1v) is 6.44. The van der Waals surface area contributed by atoms with Gasteiger partial charge < -0.3 is 4.74 Å². The molecule has 17 heavy (non-hydrogen) atoms. The van der Waals surface area contributed by atoms with Crippen LogP contribution in [0.3, 0.4) is 0 Å². The van der Waals surface area contributed by atoms with Crippen molar-refractivity contribution in [2.24, 2.45) is 0 Å². The molecule has 2 aromatic carbocycles. The Morgan fingerprint density at radius 2 is 1.94 bits per heavy atom. The minimum atomic E-state index is -0.344. The van der Waals surface area contributed by atoms with Gasteiger partial charge in [-0.25, -0.2) is 4.39 Å². The zero-order valence-corrected chi connectivity index (χ0v) is 11.7. The molecule has 0 radical (unpaired) electrons. The first-order valence-electron chi connectivity index (χ1n) is 4.98. The minimum absolute atomic E-state index is 0.197. The van der Waals surface area contributed by atoms with Gasteiger partial charge in [-0.2, -0.15) is 0 Å². The highest BCUT2D eigenvalue weighted by molar-refractivity contribution is 14.1. The van der Waals surface area contributed by atoms with Crippen LogP contribution in [-0.2, 0) is 6.61 Å². The highest BCUT2D eigenvalue weighted by Crippen LogP contribution is 2.22. The zero-order chi connectivity index (χ0) is 12.3. The number of halogens is 3. The van der Waals surface area contributed by atoms with Crippen molar-refractivity contribution in [3.8, 4) is 5.75 Å². The summed E-state index contributed by atoms with van der Waals surface area (Å²) in [6.07, 6.45) is 0. The molecule has 0 fully saturated rings. The van der Waals surface area contributed by atoms with Crippen LogP contribution in [0, 0.1) is 9.39 Å². The molecule has 0 aliphatic carbocycles. The zero-order valence-electron chi connectivity index (χ0n) is 8.79. The van der Waals surface area contributed by atoms with E-state index in [9.17, 15) is 4.39 Å². The number of hydrogen-bond acceptors (Lipinski definition) is 1. The van der Waals surface area contributed by atoms with Gasteiger partial charge in [-0.15, -0.1) is 0 Å². The summed E-state index contributed by atoms with van der Waals surface area (Å²) in [5.41, 5.74) is 0.494. The van der Waals surface area contributed by atoms with Gasteiger partial charge in [-0.3, -0.25) is 0 Å². The molecule has 0 amide bonds. The molecule has 2 rings (SSSR count). The fraction of sp³-hybridized carbons (Fsp3) is 0.0769. The van der Waals surface area contributed by atoms with Crippen molar-refractivity contribution < 1.29 is 9.13 Å². The van der Waals surface area contributed by atoms with E-state index in [1.807, 2.05) is 24.3 Å². The van der Waals surface area contributed by atoms with E-state index < -0.39 is 0 Å². The van der Waals surface area contributed by atoms with Gasteiger partial charge in [0, 0.05) is 10.6 Å². The van der Waals surface area contributed by atoms with E-state index in [1.165, 1.54) is 6.07 Å². The second kappa shape index (κ2) is 5.69. The summed E-state index contributed by atoms with van der Waals surface area (Å²) in [6, 6.07) is 12.2. The summed E-state index contributed by atoms with van der Waals surface area (Å²) >= 11 is 7.85. The maximum absolute atomic E-state index is 13.5. The molecule has 88 valence electrons. The lowest BCUT2D eigenvalue weighted by Crippen LogP contribution is -1.99. The summed E-state index contributed by atoms with van der Waals surface area (Å²) in [4.78, 5) is 0. The fourth-order valence-electron chi connectivity index (χ4n) is 1.36. The van der Waals surface area contributed by atoms with Gasteiger partial charge in [0.2, 0.25) is 0 Å². The maximum Gasteiger partial charge on any atom is 0.133 e. The van der Waals surface area contributed by atoms with E-state index in [4.69, 9.17) is 16.3 Å². The first-order chi connectivity index (χ1) is 8.16. The van der Waals surface area contributed by atoms with E-state index >= 15 is 0 Å². The quantitative estimate of drug-likeness (QED) is 0.722. The number of benzene rings is 2. The van der Waals surface area contributed by atoms with Crippen molar-refractivity contribution in [3.05, 3.63) is 62.4 Å². The van der Waals surface area contributed by atoms with Crippen molar-refractivity contribution in [2.75, 3.05) is 0 Å². The van der Waals surface area contributed by atoms with Crippen molar-refractivity contribution in [2.45, 2.75) is 6.61 Å². The average molecular weight is 363 g/mol. The molecule has 0 unspecified atom stereocenters. The van der Waals surface area contributed by atoms with Crippen molar-refractivity contribution in [3.63, 3.8) is 0 Å². The smallest absolute Gasteiger partial charge is 0.133 e. The van der Waals surface area contributed by atoms with Crippen LogP contribution in [0.4, 0.5) is 4.39 Å². The molecule has 0 bridgehead atoms. The second-order valence-corrected chi connectivity index (χ2v) is 5.05. The summed E-state index contributed by atoms with van der Waals surface area (Å²) < 4.78 is 20.0. The van der Waals surface area contributed by atoms with Crippen molar-refractivity contribution in [1.82, 2.24) is 0 Å². The molecule has 1 nitrogen and oxygen atoms in total. The highest BCUT2D eigenvalue weighted by atomic mass is 127. The van der Waals surface area contributed by atoms with Crippen molar-refractivity contribution in [1.29, 1.82) is 0 Å². The second-order valence-electron chi connectivity index (χ2n) is 3.45. The summed E-state index contributed by atoms with van der Waals surface area (Å²) in [7, 11) is 0. The van der Waals surface area contributed by atoms with Crippen LogP contribution < -0.4 is 4.74 Å². The van der Waals surface area contributed by atoms with E-state index in [0.29, 0.717) is 10.6 Å². The van der Waals surface area contributed by atoms with E-state index in [2.05, 4.69) is 22.6 Å². The van der Waals surface area contributed by atoms with E-state index in [0.717, 1.165) is 9.32 Å². The molecule has 4 heteroatoms. The minimum Gasteiger partial charge on any atom is -0.488 e. The first kappa shape index (κ1) is 12.6. The fourth-order valence-corrected chi connectivity index (χ4v) is 2.06. The van der Waals surface area contributed by atoms with Crippen LogP contribution >= 0.6 is 34.2 Å². The molecule has 0 saturated heterocycles. The van der Waals surface area contributed by atoms with Crippen molar-refractivity contribution >= 4 is 34.2 Å². The SMILES string of the molecule is Fc1cc(Cl)ccc1COc1ccccc1I. The number of para-hydroxylation sites is 1. The van der Waals surface area contributed by atoms with E-state index in [1.54, 1.807) is 12.1 Å². The maximum atomic E-state index is 13.5. The highest BCUT2D eigenvalue weighted by Gasteiger charge is 2.05. The van der Waals surface area contributed by atoms with Crippen LogP contribution in [0.1, 0.15) is 5.56 Å². The van der Waals surface area contributed by atoms with Crippen LogP contribution in [-0.4, -0.2) is 0 Å². The Labute approximate surface area is 118 Å². The Hall–Kier alpha value is -0.810. The van der Waals surface area contributed by atoms with Gasteiger partial charge >= 0.3 is 0 Å². The lowest BCUT2D eigenvalue weighted by molar-refractivity contribution is 0.298. The standard InChI is InChI=1S/C13H9ClFIO/c14-10-6-5-9(11(15)7-10)8-17-13-4-2-1-3-12(13)16/h1-7H,8H2. The summed E-state index contributed by atoms with van der Waals surface area (Å²) in [5, 5.41) is 0.389. The molecule has 0 saturated carbocycles. The van der Waals surface area contributed by atoms with Crippen LogP contribution in [0.2, 0.25) is 5.02 Å². The topological polar surface area (TPSA) is 9.23 Å². The molecule has 0 N–H and O–H groups in total. The Balaban J connectivity index is 2.10. The Morgan fingerprint density at radius 1 is 1.18 bits per heavy atom. The Morgan fingerprint density at radius 3 is 2.65 bits per heavy atom. The Bertz CT molecular complexity index is 531. The number of rotatable bonds is 3. The molecule has 0 aromatic heterocycles. The largest absolute Gasteiger partial charge is 0.488 e. The molecule has 0 heterocycles. The third-order valence-corrected chi connectivity index (χ3v) is 3.36. The van der Waals surface area contributed by atoms with Gasteiger partial charge in [-0.1, -0.05) is 29.8 Å². The monoisotopic (exact) mass is 362 g/mol. The van der Waals surface area contributed by atoms with Gasteiger partial charge in [-0.05, 0) is 46.9 Å². The normalized spacial score (nSPS) is 10.3. The molecular formula is C13H9ClFIO. The molecule has 0 aliphatic rings. The molecule has 0 aliphatic heterocycles.